The molecule has 1 unspecified atom stereocenters. The molecule has 1 aromatic heterocycles. The van der Waals surface area contributed by atoms with Gasteiger partial charge in [-0.25, -0.2) is 9.97 Å². The number of hydrogen-bond acceptors (Lipinski definition) is 6. The van der Waals surface area contributed by atoms with Gasteiger partial charge in [-0.05, 0) is 17.7 Å². The Kier molecular flexibility index (Phi) is 4.37. The Hall–Kier alpha value is -2.34. The lowest BCUT2D eigenvalue weighted by Gasteiger charge is -2.13. The Labute approximate surface area is 117 Å². The molecule has 20 heavy (non-hydrogen) atoms. The number of aliphatic hydroxyl groups is 1. The Balaban J connectivity index is 2.38. The molecule has 0 saturated carbocycles. The molecule has 0 aliphatic carbocycles. The molecular weight excluding hydrogens is 260 g/mol. The summed E-state index contributed by atoms with van der Waals surface area (Å²) in [5.74, 6) is 1.59. The van der Waals surface area contributed by atoms with Crippen LogP contribution in [0.5, 0.6) is 17.4 Å². The fraction of sp³-hybridized carbons (Fsp3) is 0.286. The maximum atomic E-state index is 10.4. The lowest BCUT2D eigenvalue weighted by molar-refractivity contribution is 0.213. The molecule has 6 heteroatoms. The molecule has 106 valence electrons. The second-order valence-electron chi connectivity index (χ2n) is 4.03. The molecule has 0 radical (unpaired) electrons. The number of benzene rings is 1. The lowest BCUT2D eigenvalue weighted by Crippen LogP contribution is -2.04. The van der Waals surface area contributed by atoms with Crippen LogP contribution in [0.3, 0.4) is 0 Å². The van der Waals surface area contributed by atoms with Gasteiger partial charge >= 0.3 is 0 Å². The van der Waals surface area contributed by atoms with E-state index < -0.39 is 6.10 Å². The number of rotatable bonds is 5. The van der Waals surface area contributed by atoms with Crippen LogP contribution in [0.1, 0.15) is 17.4 Å². The molecule has 6 nitrogen and oxygen atoms in total. The molecule has 2 rings (SSSR count). The molecule has 2 aromatic rings. The number of ether oxygens (including phenoxy) is 3. The number of aromatic nitrogens is 2. The Morgan fingerprint density at radius 1 is 0.900 bits per heavy atom. The van der Waals surface area contributed by atoms with Crippen LogP contribution >= 0.6 is 0 Å². The van der Waals surface area contributed by atoms with E-state index in [0.717, 1.165) is 0 Å². The van der Waals surface area contributed by atoms with Crippen molar-refractivity contribution in [2.24, 2.45) is 0 Å². The van der Waals surface area contributed by atoms with Crippen molar-refractivity contribution in [1.29, 1.82) is 0 Å². The molecule has 0 saturated heterocycles. The molecule has 1 atom stereocenters. The summed E-state index contributed by atoms with van der Waals surface area (Å²) in [6, 6.07) is 6.76. The average molecular weight is 276 g/mol. The number of nitrogens with zero attached hydrogens (tertiary/aromatic N) is 2. The molecule has 0 fully saturated rings. The van der Waals surface area contributed by atoms with E-state index in [4.69, 9.17) is 14.2 Å². The van der Waals surface area contributed by atoms with Crippen LogP contribution in [0.15, 0.2) is 30.6 Å². The van der Waals surface area contributed by atoms with Gasteiger partial charge < -0.3 is 19.3 Å². The minimum absolute atomic E-state index is 0.393. The van der Waals surface area contributed by atoms with Gasteiger partial charge in [0.25, 0.3) is 0 Å². The van der Waals surface area contributed by atoms with E-state index in [9.17, 15) is 5.11 Å². The monoisotopic (exact) mass is 276 g/mol. The fourth-order valence-electron chi connectivity index (χ4n) is 1.77. The van der Waals surface area contributed by atoms with E-state index in [-0.39, 0.29) is 0 Å². The van der Waals surface area contributed by atoms with E-state index in [1.165, 1.54) is 13.4 Å². The Morgan fingerprint density at radius 2 is 1.55 bits per heavy atom. The first-order valence-corrected chi connectivity index (χ1v) is 5.95. The first kappa shape index (κ1) is 14.1. The van der Waals surface area contributed by atoms with E-state index >= 15 is 0 Å². The van der Waals surface area contributed by atoms with Crippen molar-refractivity contribution in [1.82, 2.24) is 9.97 Å². The van der Waals surface area contributed by atoms with E-state index in [1.807, 2.05) is 0 Å². The number of methoxy groups -OCH3 is 3. The standard InChI is InChI=1S/C14H16N2O4/c1-18-10-4-9(5-11(6-10)19-2)14(17)12-7-13(20-3)16-8-15-12/h4-8,14,17H,1-3H3. The third-order valence-corrected chi connectivity index (χ3v) is 2.84. The summed E-state index contributed by atoms with van der Waals surface area (Å²) in [4.78, 5) is 7.96. The number of hydrogen-bond donors (Lipinski definition) is 1. The summed E-state index contributed by atoms with van der Waals surface area (Å²) < 4.78 is 15.4. The molecule has 0 amide bonds. The minimum atomic E-state index is -0.920. The van der Waals surface area contributed by atoms with Gasteiger partial charge in [0, 0.05) is 12.1 Å². The van der Waals surface area contributed by atoms with Gasteiger partial charge in [-0.15, -0.1) is 0 Å². The van der Waals surface area contributed by atoms with Crippen molar-refractivity contribution in [3.63, 3.8) is 0 Å². The maximum Gasteiger partial charge on any atom is 0.216 e. The van der Waals surface area contributed by atoms with Crippen molar-refractivity contribution >= 4 is 0 Å². The molecular formula is C14H16N2O4. The normalized spacial score (nSPS) is 11.8. The quantitative estimate of drug-likeness (QED) is 0.894. The molecule has 0 bridgehead atoms. The third-order valence-electron chi connectivity index (χ3n) is 2.84. The SMILES string of the molecule is COc1cc(OC)cc(C(O)c2cc(OC)ncn2)c1. The van der Waals surface area contributed by atoms with Crippen LogP contribution in [0.2, 0.25) is 0 Å². The fourth-order valence-corrected chi connectivity index (χ4v) is 1.77. The highest BCUT2D eigenvalue weighted by Crippen LogP contribution is 2.29. The molecule has 1 heterocycles. The summed E-state index contributed by atoms with van der Waals surface area (Å²) in [5, 5.41) is 10.4. The number of aliphatic hydroxyl groups excluding tert-OH is 1. The molecule has 0 aliphatic heterocycles. The molecule has 1 aromatic carbocycles. The van der Waals surface area contributed by atoms with Crippen molar-refractivity contribution in [3.05, 3.63) is 41.9 Å². The smallest absolute Gasteiger partial charge is 0.216 e. The zero-order valence-electron chi connectivity index (χ0n) is 11.5. The summed E-state index contributed by atoms with van der Waals surface area (Å²) >= 11 is 0. The highest BCUT2D eigenvalue weighted by molar-refractivity contribution is 5.41. The van der Waals surface area contributed by atoms with Crippen molar-refractivity contribution < 1.29 is 19.3 Å². The highest BCUT2D eigenvalue weighted by Gasteiger charge is 2.15. The minimum Gasteiger partial charge on any atom is -0.497 e. The van der Waals surface area contributed by atoms with Crippen LogP contribution < -0.4 is 14.2 Å². The van der Waals surface area contributed by atoms with Crippen LogP contribution in [0.4, 0.5) is 0 Å². The van der Waals surface area contributed by atoms with Crippen LogP contribution in [-0.2, 0) is 0 Å². The van der Waals surface area contributed by atoms with Crippen LogP contribution in [0.25, 0.3) is 0 Å². The second-order valence-corrected chi connectivity index (χ2v) is 4.03. The third kappa shape index (κ3) is 2.97. The average Bonchev–Trinajstić information content (AvgIpc) is 2.53. The summed E-state index contributed by atoms with van der Waals surface area (Å²) in [6.07, 6.45) is 0.422. The van der Waals surface area contributed by atoms with Crippen LogP contribution in [-0.4, -0.2) is 36.4 Å². The predicted molar refractivity (Wildman–Crippen MR) is 72.2 cm³/mol. The highest BCUT2D eigenvalue weighted by atomic mass is 16.5. The first-order valence-electron chi connectivity index (χ1n) is 5.95. The van der Waals surface area contributed by atoms with Crippen molar-refractivity contribution in [2.75, 3.05) is 21.3 Å². The topological polar surface area (TPSA) is 73.7 Å². The van der Waals surface area contributed by atoms with Gasteiger partial charge in [-0.1, -0.05) is 0 Å². The van der Waals surface area contributed by atoms with E-state index in [2.05, 4.69) is 9.97 Å². The van der Waals surface area contributed by atoms with Gasteiger partial charge in [-0.3, -0.25) is 0 Å². The van der Waals surface area contributed by atoms with Crippen molar-refractivity contribution in [3.8, 4) is 17.4 Å². The van der Waals surface area contributed by atoms with Gasteiger partial charge in [0.05, 0.1) is 27.0 Å². The van der Waals surface area contributed by atoms with E-state index in [1.54, 1.807) is 38.5 Å². The van der Waals surface area contributed by atoms with Crippen molar-refractivity contribution in [2.45, 2.75) is 6.10 Å². The van der Waals surface area contributed by atoms with Crippen LogP contribution in [0, 0.1) is 0 Å². The maximum absolute atomic E-state index is 10.4. The lowest BCUT2D eigenvalue weighted by atomic mass is 10.1. The van der Waals surface area contributed by atoms with Gasteiger partial charge in [0.1, 0.15) is 23.9 Å². The summed E-state index contributed by atoms with van der Waals surface area (Å²) in [7, 11) is 4.62. The largest absolute Gasteiger partial charge is 0.497 e. The zero-order chi connectivity index (χ0) is 14.5. The Morgan fingerprint density at radius 3 is 2.10 bits per heavy atom. The zero-order valence-corrected chi connectivity index (χ0v) is 11.5. The van der Waals surface area contributed by atoms with Gasteiger partial charge in [-0.2, -0.15) is 0 Å². The second kappa shape index (κ2) is 6.21. The first-order chi connectivity index (χ1) is 9.67. The summed E-state index contributed by atoms with van der Waals surface area (Å²) in [6.45, 7) is 0. The Bertz CT molecular complexity index is 567. The molecule has 1 N–H and O–H groups in total. The van der Waals surface area contributed by atoms with E-state index in [0.29, 0.717) is 28.6 Å². The van der Waals surface area contributed by atoms with Gasteiger partial charge in [0.15, 0.2) is 0 Å². The summed E-state index contributed by atoms with van der Waals surface area (Å²) in [5.41, 5.74) is 1.05. The molecule has 0 aliphatic rings. The van der Waals surface area contributed by atoms with Gasteiger partial charge in [0.2, 0.25) is 5.88 Å². The molecule has 0 spiro atoms. The predicted octanol–water partition coefficient (Wildman–Crippen LogP) is 1.58.